The van der Waals surface area contributed by atoms with Crippen LogP contribution in [0.3, 0.4) is 0 Å². The first-order valence-corrected chi connectivity index (χ1v) is 11.4. The molecule has 166 valence electrons. The Bertz CT molecular complexity index is 1090. The minimum atomic E-state index is -1.57. The van der Waals surface area contributed by atoms with E-state index in [2.05, 4.69) is 5.32 Å². The van der Waals surface area contributed by atoms with Gasteiger partial charge in [-0.1, -0.05) is 36.4 Å². The van der Waals surface area contributed by atoms with Crippen molar-refractivity contribution in [2.24, 2.45) is 5.92 Å². The molecule has 32 heavy (non-hydrogen) atoms. The number of carbonyl (C=O) groups excluding carboxylic acids is 3. The fourth-order valence-electron chi connectivity index (χ4n) is 5.89. The smallest absolute Gasteiger partial charge is 0.326 e. The van der Waals surface area contributed by atoms with E-state index < -0.39 is 28.1 Å². The Morgan fingerprint density at radius 3 is 2.50 bits per heavy atom. The van der Waals surface area contributed by atoms with Gasteiger partial charge in [-0.2, -0.15) is 0 Å². The molecule has 0 aliphatic carbocycles. The number of esters is 2. The molecule has 1 spiro atoms. The average molecular weight is 453 g/mol. The summed E-state index contributed by atoms with van der Waals surface area (Å²) in [5, 5.41) is 2.99. The monoisotopic (exact) mass is 452 g/mol. The number of rotatable bonds is 4. The first kappa shape index (κ1) is 21.0. The maximum absolute atomic E-state index is 14.0. The number of hydrogen-bond donors (Lipinski definition) is 1. The quantitative estimate of drug-likeness (QED) is 0.714. The van der Waals surface area contributed by atoms with Crippen molar-refractivity contribution in [3.63, 3.8) is 0 Å². The topological polar surface area (TPSA) is 84.9 Å². The number of ether oxygens (including phenoxy) is 2. The van der Waals surface area contributed by atoms with E-state index in [-0.39, 0.29) is 11.9 Å². The lowest BCUT2D eigenvalue weighted by Crippen LogP contribution is -2.64. The summed E-state index contributed by atoms with van der Waals surface area (Å²) in [5.74, 6) is -2.32. The molecule has 0 aromatic heterocycles. The van der Waals surface area contributed by atoms with Gasteiger partial charge in [0.2, 0.25) is 0 Å². The van der Waals surface area contributed by atoms with Gasteiger partial charge in [0, 0.05) is 22.2 Å². The van der Waals surface area contributed by atoms with E-state index >= 15 is 0 Å². The van der Waals surface area contributed by atoms with Gasteiger partial charge >= 0.3 is 11.9 Å². The number of nitrogens with one attached hydrogen (secondary N) is 1. The number of para-hydroxylation sites is 1. The molecule has 2 saturated heterocycles. The van der Waals surface area contributed by atoms with Gasteiger partial charge in [0.1, 0.15) is 5.92 Å². The van der Waals surface area contributed by atoms with E-state index in [1.807, 2.05) is 59.5 Å². The van der Waals surface area contributed by atoms with Gasteiger partial charge in [-0.15, -0.1) is 11.8 Å². The fourth-order valence-corrected chi connectivity index (χ4v) is 7.57. The van der Waals surface area contributed by atoms with Crippen molar-refractivity contribution in [2.75, 3.05) is 26.1 Å². The molecule has 3 aliphatic rings. The van der Waals surface area contributed by atoms with Crippen LogP contribution < -0.4 is 5.32 Å². The van der Waals surface area contributed by atoms with Crippen LogP contribution in [0.5, 0.6) is 0 Å². The van der Waals surface area contributed by atoms with E-state index in [0.29, 0.717) is 24.2 Å². The Hall–Kier alpha value is -2.84. The number of fused-ring (bicyclic) bond motifs is 4. The Morgan fingerprint density at radius 1 is 1.06 bits per heavy atom. The molecule has 8 heteroatoms. The van der Waals surface area contributed by atoms with E-state index in [4.69, 9.17) is 9.47 Å². The number of nitrogens with zero attached hydrogens (tertiary/aromatic N) is 1. The Morgan fingerprint density at radius 2 is 1.78 bits per heavy atom. The molecule has 2 fully saturated rings. The van der Waals surface area contributed by atoms with Crippen LogP contribution in [0, 0.1) is 5.92 Å². The number of benzene rings is 2. The maximum Gasteiger partial charge on any atom is 0.326 e. The zero-order valence-electron chi connectivity index (χ0n) is 17.9. The van der Waals surface area contributed by atoms with Crippen LogP contribution in [-0.4, -0.2) is 54.3 Å². The summed E-state index contributed by atoms with van der Waals surface area (Å²) in [4.78, 5) is 44.0. The molecule has 3 aliphatic heterocycles. The predicted octanol–water partition coefficient (Wildman–Crippen LogP) is 2.81. The van der Waals surface area contributed by atoms with Crippen molar-refractivity contribution in [3.05, 3.63) is 60.2 Å². The lowest BCUT2D eigenvalue weighted by molar-refractivity contribution is -0.157. The number of hydrogen-bond acceptors (Lipinski definition) is 7. The van der Waals surface area contributed by atoms with Crippen molar-refractivity contribution in [1.29, 1.82) is 0 Å². The van der Waals surface area contributed by atoms with Crippen LogP contribution in [0.25, 0.3) is 0 Å². The maximum atomic E-state index is 14.0. The van der Waals surface area contributed by atoms with Crippen LogP contribution in [0.1, 0.15) is 18.4 Å². The summed E-state index contributed by atoms with van der Waals surface area (Å²) in [7, 11) is 2.63. The molecule has 3 heterocycles. The van der Waals surface area contributed by atoms with Crippen LogP contribution >= 0.6 is 11.8 Å². The second-order valence-corrected chi connectivity index (χ2v) is 9.58. The molecular weight excluding hydrogens is 428 g/mol. The lowest BCUT2D eigenvalue weighted by Gasteiger charge is -2.44. The average Bonchev–Trinajstić information content (AvgIpc) is 3.46. The van der Waals surface area contributed by atoms with Crippen molar-refractivity contribution < 1.29 is 23.9 Å². The van der Waals surface area contributed by atoms with Crippen molar-refractivity contribution in [3.8, 4) is 0 Å². The highest BCUT2D eigenvalue weighted by atomic mass is 32.2. The van der Waals surface area contributed by atoms with Crippen molar-refractivity contribution >= 4 is 35.3 Å². The normalized spacial score (nSPS) is 30.6. The summed E-state index contributed by atoms with van der Waals surface area (Å²) < 4.78 is 9.04. The molecule has 5 rings (SSSR count). The van der Waals surface area contributed by atoms with Gasteiger partial charge in [-0.3, -0.25) is 19.3 Å². The van der Waals surface area contributed by atoms with Gasteiger partial charge in [-0.05, 0) is 37.6 Å². The van der Waals surface area contributed by atoms with Crippen LogP contribution in [0.4, 0.5) is 5.69 Å². The molecule has 0 unspecified atom stereocenters. The number of carbonyl (C=O) groups is 3. The van der Waals surface area contributed by atoms with Crippen LogP contribution in [0.15, 0.2) is 59.5 Å². The highest BCUT2D eigenvalue weighted by Crippen LogP contribution is 2.66. The van der Waals surface area contributed by atoms with Gasteiger partial charge in [0.05, 0.1) is 14.2 Å². The van der Waals surface area contributed by atoms with E-state index in [9.17, 15) is 14.4 Å². The molecule has 1 amide bonds. The molecule has 4 atom stereocenters. The zero-order valence-corrected chi connectivity index (χ0v) is 18.7. The molecule has 2 aromatic rings. The Balaban J connectivity index is 1.87. The van der Waals surface area contributed by atoms with Crippen molar-refractivity contribution in [1.82, 2.24) is 4.90 Å². The first-order chi connectivity index (χ1) is 15.5. The molecular formula is C24H24N2O5S. The summed E-state index contributed by atoms with van der Waals surface area (Å²) >= 11 is 1.23. The molecule has 7 nitrogen and oxygen atoms in total. The SMILES string of the molecule is COC(=O)[C@H]1[C@@H]2CCCN2[C@@]2(C(=O)Nc3ccccc32)[C@]1(Sc1ccccc1)C(=O)OC. The minimum absolute atomic E-state index is 0.314. The first-order valence-electron chi connectivity index (χ1n) is 10.6. The third-order valence-corrected chi connectivity index (χ3v) is 8.50. The van der Waals surface area contributed by atoms with Gasteiger partial charge in [0.15, 0.2) is 10.3 Å². The second-order valence-electron chi connectivity index (χ2n) is 8.26. The van der Waals surface area contributed by atoms with E-state index in [1.165, 1.54) is 26.0 Å². The number of methoxy groups -OCH3 is 2. The molecule has 0 bridgehead atoms. The Labute approximate surface area is 190 Å². The fraction of sp³-hybridized carbons (Fsp3) is 0.375. The summed E-state index contributed by atoms with van der Waals surface area (Å²) in [6.45, 7) is 0.591. The summed E-state index contributed by atoms with van der Waals surface area (Å²) in [6.07, 6.45) is 1.51. The third-order valence-electron chi connectivity index (χ3n) is 6.95. The third kappa shape index (κ3) is 2.50. The molecule has 0 saturated carbocycles. The summed E-state index contributed by atoms with van der Waals surface area (Å²) in [6, 6.07) is 16.4. The van der Waals surface area contributed by atoms with Crippen LogP contribution in [0.2, 0.25) is 0 Å². The predicted molar refractivity (Wildman–Crippen MR) is 119 cm³/mol. The second kappa shape index (κ2) is 7.64. The molecule has 0 radical (unpaired) electrons. The number of anilines is 1. The number of thioether (sulfide) groups is 1. The van der Waals surface area contributed by atoms with Crippen LogP contribution in [-0.2, 0) is 29.4 Å². The Kier molecular flexibility index (Phi) is 5.02. The van der Waals surface area contributed by atoms with Gasteiger partial charge in [0.25, 0.3) is 5.91 Å². The van der Waals surface area contributed by atoms with Gasteiger partial charge in [-0.25, -0.2) is 0 Å². The standard InChI is InChI=1S/C24H24N2O5S/c1-30-20(27)19-18-13-8-14-26(18)23(16-11-6-7-12-17(16)25-21(23)28)24(19,22(29)31-2)32-15-9-4-3-5-10-15/h3-7,9-12,18-19H,8,13-14H2,1-2H3,(H,25,28)/t18-,19+,23-,24+/m0/s1. The zero-order chi connectivity index (χ0) is 22.5. The molecule has 2 aromatic carbocycles. The largest absolute Gasteiger partial charge is 0.469 e. The minimum Gasteiger partial charge on any atom is -0.469 e. The molecule has 1 N–H and O–H groups in total. The highest BCUT2D eigenvalue weighted by molar-refractivity contribution is 8.01. The number of amides is 1. The highest BCUT2D eigenvalue weighted by Gasteiger charge is 2.80. The summed E-state index contributed by atoms with van der Waals surface area (Å²) in [5.41, 5.74) is -0.0650. The van der Waals surface area contributed by atoms with Crippen molar-refractivity contribution in [2.45, 2.75) is 34.1 Å². The van der Waals surface area contributed by atoms with E-state index in [0.717, 1.165) is 11.3 Å². The lowest BCUT2D eigenvalue weighted by atomic mass is 9.73. The van der Waals surface area contributed by atoms with E-state index in [1.54, 1.807) is 0 Å². The van der Waals surface area contributed by atoms with Gasteiger partial charge < -0.3 is 14.8 Å².